The van der Waals surface area contributed by atoms with Crippen molar-refractivity contribution in [3.63, 3.8) is 0 Å². The Labute approximate surface area is 122 Å². The van der Waals surface area contributed by atoms with Crippen molar-refractivity contribution in [3.05, 3.63) is 40.7 Å². The summed E-state index contributed by atoms with van der Waals surface area (Å²) in [5.41, 5.74) is 6.70. The molecule has 0 aliphatic heterocycles. The number of hydrogen-bond donors (Lipinski definition) is 1. The predicted molar refractivity (Wildman–Crippen MR) is 78.0 cm³/mol. The van der Waals surface area contributed by atoms with Gasteiger partial charge in [0.1, 0.15) is 18.2 Å². The smallest absolute Gasteiger partial charge is 0.224 e. The van der Waals surface area contributed by atoms with E-state index in [2.05, 4.69) is 9.97 Å². The lowest BCUT2D eigenvalue weighted by Gasteiger charge is -2.10. The first-order valence-electron chi connectivity index (χ1n) is 6.23. The number of aromatic nitrogens is 2. The largest absolute Gasteiger partial charge is 0.439 e. The van der Waals surface area contributed by atoms with E-state index in [1.54, 1.807) is 18.2 Å². The van der Waals surface area contributed by atoms with Crippen LogP contribution in [0.5, 0.6) is 11.6 Å². The quantitative estimate of drug-likeness (QED) is 0.915. The van der Waals surface area contributed by atoms with Crippen LogP contribution in [0.3, 0.4) is 0 Å². The minimum Gasteiger partial charge on any atom is -0.439 e. The molecule has 0 amide bonds. The highest BCUT2D eigenvalue weighted by atomic mass is 35.5. The first-order chi connectivity index (χ1) is 9.58. The van der Waals surface area contributed by atoms with Gasteiger partial charge in [-0.2, -0.15) is 4.98 Å². The van der Waals surface area contributed by atoms with Gasteiger partial charge in [-0.25, -0.2) is 4.98 Å². The molecule has 2 rings (SSSR count). The average molecular weight is 294 g/mol. The van der Waals surface area contributed by atoms with E-state index in [-0.39, 0.29) is 0 Å². The summed E-state index contributed by atoms with van der Waals surface area (Å²) in [5, 5.41) is 0.599. The molecule has 0 bridgehead atoms. The van der Waals surface area contributed by atoms with E-state index in [1.807, 2.05) is 19.9 Å². The van der Waals surface area contributed by atoms with Crippen molar-refractivity contribution in [2.45, 2.75) is 20.5 Å². The Morgan fingerprint density at radius 3 is 2.80 bits per heavy atom. The molecule has 0 saturated carbocycles. The van der Waals surface area contributed by atoms with E-state index < -0.39 is 0 Å². The van der Waals surface area contributed by atoms with Crippen LogP contribution in [0.2, 0.25) is 5.02 Å². The number of hydrogen-bond acceptors (Lipinski definition) is 5. The van der Waals surface area contributed by atoms with Crippen LogP contribution >= 0.6 is 11.6 Å². The molecule has 6 heteroatoms. The molecule has 20 heavy (non-hydrogen) atoms. The Hall–Kier alpha value is -1.85. The van der Waals surface area contributed by atoms with Gasteiger partial charge in [0, 0.05) is 17.7 Å². The maximum absolute atomic E-state index is 5.96. The minimum atomic E-state index is 0.298. The van der Waals surface area contributed by atoms with Crippen LogP contribution < -0.4 is 10.5 Å². The Balaban J connectivity index is 2.24. The average Bonchev–Trinajstić information content (AvgIpc) is 2.40. The summed E-state index contributed by atoms with van der Waals surface area (Å²) in [6.07, 6.45) is 0. The van der Waals surface area contributed by atoms with Gasteiger partial charge in [0.25, 0.3) is 0 Å². The lowest BCUT2D eigenvalue weighted by Crippen LogP contribution is -2.04. The zero-order valence-electron chi connectivity index (χ0n) is 11.4. The molecule has 2 N–H and O–H groups in total. The Kier molecular flexibility index (Phi) is 4.76. The third kappa shape index (κ3) is 3.82. The van der Waals surface area contributed by atoms with Crippen molar-refractivity contribution < 1.29 is 9.47 Å². The number of halogens is 1. The molecule has 0 atom stereocenters. The van der Waals surface area contributed by atoms with E-state index in [0.717, 1.165) is 5.56 Å². The van der Waals surface area contributed by atoms with E-state index in [1.165, 1.54) is 0 Å². The van der Waals surface area contributed by atoms with Crippen molar-refractivity contribution in [3.8, 4) is 11.6 Å². The van der Waals surface area contributed by atoms with Crippen molar-refractivity contribution in [1.29, 1.82) is 0 Å². The van der Waals surface area contributed by atoms with Crippen LogP contribution in [0.1, 0.15) is 18.3 Å². The van der Waals surface area contributed by atoms with E-state index in [0.29, 0.717) is 41.5 Å². The van der Waals surface area contributed by atoms with Crippen molar-refractivity contribution in [2.75, 3.05) is 12.3 Å². The van der Waals surface area contributed by atoms with Gasteiger partial charge in [-0.1, -0.05) is 17.7 Å². The third-order valence-corrected chi connectivity index (χ3v) is 2.80. The van der Waals surface area contributed by atoms with Crippen LogP contribution in [0.15, 0.2) is 24.3 Å². The van der Waals surface area contributed by atoms with E-state index in [9.17, 15) is 0 Å². The minimum absolute atomic E-state index is 0.298. The SMILES string of the molecule is CCOCc1nc(N)cc(Oc2cc(Cl)ccc2C)n1. The lowest BCUT2D eigenvalue weighted by atomic mass is 10.2. The highest BCUT2D eigenvalue weighted by molar-refractivity contribution is 6.30. The highest BCUT2D eigenvalue weighted by Gasteiger charge is 2.07. The third-order valence-electron chi connectivity index (χ3n) is 2.57. The van der Waals surface area contributed by atoms with E-state index >= 15 is 0 Å². The number of ether oxygens (including phenoxy) is 2. The van der Waals surface area contributed by atoms with Crippen molar-refractivity contribution >= 4 is 17.4 Å². The standard InChI is InChI=1S/C14H16ClN3O2/c1-3-19-8-13-17-12(16)7-14(18-13)20-11-6-10(15)5-4-9(11)2/h4-7H,3,8H2,1-2H3,(H2,16,17,18). The Morgan fingerprint density at radius 1 is 1.25 bits per heavy atom. The van der Waals surface area contributed by atoms with E-state index in [4.69, 9.17) is 26.8 Å². The molecule has 2 aromatic rings. The van der Waals surface area contributed by atoms with Crippen LogP contribution in [0, 0.1) is 6.92 Å². The normalized spacial score (nSPS) is 10.6. The lowest BCUT2D eigenvalue weighted by molar-refractivity contribution is 0.128. The molecule has 106 valence electrons. The molecule has 0 aliphatic carbocycles. The highest BCUT2D eigenvalue weighted by Crippen LogP contribution is 2.27. The monoisotopic (exact) mass is 293 g/mol. The zero-order valence-corrected chi connectivity index (χ0v) is 12.1. The molecule has 0 radical (unpaired) electrons. The fourth-order valence-electron chi connectivity index (χ4n) is 1.60. The molecule has 5 nitrogen and oxygen atoms in total. The zero-order chi connectivity index (χ0) is 14.5. The van der Waals surface area contributed by atoms with Gasteiger partial charge in [0.2, 0.25) is 5.88 Å². The summed E-state index contributed by atoms with van der Waals surface area (Å²) in [4.78, 5) is 8.34. The summed E-state index contributed by atoms with van der Waals surface area (Å²) in [5.74, 6) is 1.83. The van der Waals surface area contributed by atoms with Crippen LogP contribution in [0.25, 0.3) is 0 Å². The molecular formula is C14H16ClN3O2. The summed E-state index contributed by atoms with van der Waals surface area (Å²) >= 11 is 5.96. The van der Waals surface area contributed by atoms with Crippen molar-refractivity contribution in [1.82, 2.24) is 9.97 Å². The molecular weight excluding hydrogens is 278 g/mol. The second-order valence-electron chi connectivity index (χ2n) is 4.20. The predicted octanol–water partition coefficient (Wildman–Crippen LogP) is 3.35. The summed E-state index contributed by atoms with van der Waals surface area (Å²) < 4.78 is 11.0. The fourth-order valence-corrected chi connectivity index (χ4v) is 1.76. The second-order valence-corrected chi connectivity index (χ2v) is 4.63. The second kappa shape index (κ2) is 6.54. The van der Waals surface area contributed by atoms with Crippen LogP contribution in [-0.2, 0) is 11.3 Å². The Bertz CT molecular complexity index is 605. The van der Waals surface area contributed by atoms with Gasteiger partial charge in [-0.05, 0) is 31.5 Å². The molecule has 0 fully saturated rings. The summed E-state index contributed by atoms with van der Waals surface area (Å²) in [6.45, 7) is 4.71. The number of aryl methyl sites for hydroxylation is 1. The van der Waals surface area contributed by atoms with Gasteiger partial charge >= 0.3 is 0 Å². The first kappa shape index (κ1) is 14.6. The fraction of sp³-hybridized carbons (Fsp3) is 0.286. The van der Waals surface area contributed by atoms with Crippen molar-refractivity contribution in [2.24, 2.45) is 0 Å². The van der Waals surface area contributed by atoms with Gasteiger partial charge in [0.15, 0.2) is 5.82 Å². The summed E-state index contributed by atoms with van der Waals surface area (Å²) in [7, 11) is 0. The molecule has 1 aromatic carbocycles. The number of nitrogens with two attached hydrogens (primary N) is 1. The van der Waals surface area contributed by atoms with Gasteiger partial charge in [0.05, 0.1) is 0 Å². The number of benzene rings is 1. The first-order valence-corrected chi connectivity index (χ1v) is 6.61. The van der Waals surface area contributed by atoms with Crippen LogP contribution in [0.4, 0.5) is 5.82 Å². The van der Waals surface area contributed by atoms with Gasteiger partial charge in [-0.15, -0.1) is 0 Å². The molecule has 0 aliphatic rings. The number of anilines is 1. The van der Waals surface area contributed by atoms with Gasteiger partial charge in [-0.3, -0.25) is 0 Å². The maximum Gasteiger partial charge on any atom is 0.224 e. The Morgan fingerprint density at radius 2 is 2.05 bits per heavy atom. The maximum atomic E-state index is 5.96. The topological polar surface area (TPSA) is 70.3 Å². The molecule has 0 spiro atoms. The summed E-state index contributed by atoms with van der Waals surface area (Å²) in [6, 6.07) is 6.98. The molecule has 1 aromatic heterocycles. The molecule has 0 saturated heterocycles. The molecule has 1 heterocycles. The molecule has 0 unspecified atom stereocenters. The number of nitrogens with zero attached hydrogens (tertiary/aromatic N) is 2. The number of nitrogen functional groups attached to an aromatic ring is 1. The van der Waals surface area contributed by atoms with Gasteiger partial charge < -0.3 is 15.2 Å². The number of rotatable bonds is 5. The van der Waals surface area contributed by atoms with Crippen LogP contribution in [-0.4, -0.2) is 16.6 Å².